The van der Waals surface area contributed by atoms with E-state index in [1.807, 2.05) is 30.3 Å². The van der Waals surface area contributed by atoms with E-state index >= 15 is 0 Å². The Labute approximate surface area is 210 Å². The van der Waals surface area contributed by atoms with E-state index in [0.717, 1.165) is 5.56 Å². The Hall–Kier alpha value is -3.06. The molecule has 1 saturated heterocycles. The minimum atomic E-state index is -3.77. The number of sulfonamides is 1. The summed E-state index contributed by atoms with van der Waals surface area (Å²) in [6, 6.07) is 15.2. The fourth-order valence-electron chi connectivity index (χ4n) is 3.00. The number of carbonyl (C=O) groups is 2. The van der Waals surface area contributed by atoms with Gasteiger partial charge in [0.2, 0.25) is 5.91 Å². The van der Waals surface area contributed by atoms with Gasteiger partial charge in [-0.3, -0.25) is 19.2 Å². The molecule has 1 fully saturated rings. The van der Waals surface area contributed by atoms with Crippen molar-refractivity contribution < 1.29 is 18.0 Å². The van der Waals surface area contributed by atoms with E-state index in [1.165, 1.54) is 58.5 Å². The van der Waals surface area contributed by atoms with Crippen molar-refractivity contribution in [3.8, 4) is 0 Å². The van der Waals surface area contributed by atoms with Crippen LogP contribution in [0.2, 0.25) is 0 Å². The van der Waals surface area contributed by atoms with Crippen molar-refractivity contribution in [2.75, 3.05) is 16.6 Å². The van der Waals surface area contributed by atoms with E-state index in [2.05, 4.69) is 15.0 Å². The Kier molecular flexibility index (Phi) is 7.41. The van der Waals surface area contributed by atoms with E-state index in [9.17, 15) is 18.0 Å². The van der Waals surface area contributed by atoms with Crippen LogP contribution in [0.25, 0.3) is 6.08 Å². The Morgan fingerprint density at radius 2 is 1.85 bits per heavy atom. The molecule has 174 valence electrons. The molecular weight excluding hydrogens is 513 g/mol. The molecule has 34 heavy (non-hydrogen) atoms. The van der Waals surface area contributed by atoms with Crippen LogP contribution in [0.3, 0.4) is 0 Å². The largest absolute Gasteiger partial charge is 0.326 e. The maximum Gasteiger partial charge on any atom is 0.266 e. The van der Waals surface area contributed by atoms with Gasteiger partial charge in [0.05, 0.1) is 9.80 Å². The van der Waals surface area contributed by atoms with Crippen molar-refractivity contribution >= 4 is 78.4 Å². The van der Waals surface area contributed by atoms with Crippen molar-refractivity contribution in [3.63, 3.8) is 0 Å². The fraction of sp³-hybridized carbons (Fsp3) is 0.0909. The average Bonchev–Trinajstić information content (AvgIpc) is 3.41. The smallest absolute Gasteiger partial charge is 0.266 e. The van der Waals surface area contributed by atoms with Crippen LogP contribution in [0.1, 0.15) is 12.0 Å². The molecule has 1 aliphatic rings. The summed E-state index contributed by atoms with van der Waals surface area (Å²) in [6.45, 7) is 0.146. The fourth-order valence-corrected chi connectivity index (χ4v) is 6.09. The van der Waals surface area contributed by atoms with Crippen LogP contribution < -0.4 is 10.0 Å². The second-order valence-corrected chi connectivity index (χ2v) is 11.3. The van der Waals surface area contributed by atoms with Gasteiger partial charge in [0.25, 0.3) is 15.9 Å². The Morgan fingerprint density at radius 1 is 1.12 bits per heavy atom. The number of hydrogen-bond donors (Lipinski definition) is 2. The molecule has 8 nitrogen and oxygen atoms in total. The van der Waals surface area contributed by atoms with Crippen molar-refractivity contribution in [1.82, 2.24) is 9.88 Å². The molecule has 2 amide bonds. The van der Waals surface area contributed by atoms with E-state index in [1.54, 1.807) is 11.5 Å². The molecule has 0 spiro atoms. The van der Waals surface area contributed by atoms with E-state index in [0.29, 0.717) is 14.9 Å². The van der Waals surface area contributed by atoms with Crippen LogP contribution in [0.5, 0.6) is 0 Å². The van der Waals surface area contributed by atoms with E-state index in [4.69, 9.17) is 12.2 Å². The van der Waals surface area contributed by atoms with Gasteiger partial charge >= 0.3 is 0 Å². The lowest BCUT2D eigenvalue weighted by molar-refractivity contribution is -0.122. The highest BCUT2D eigenvalue weighted by atomic mass is 32.2. The van der Waals surface area contributed by atoms with Gasteiger partial charge in [-0.2, -0.15) is 0 Å². The third-order valence-corrected chi connectivity index (χ3v) is 8.19. The van der Waals surface area contributed by atoms with Crippen molar-refractivity contribution in [3.05, 3.63) is 76.6 Å². The number of thiocarbonyl (C=S) groups is 1. The quantitative estimate of drug-likeness (QED) is 0.332. The van der Waals surface area contributed by atoms with Gasteiger partial charge in [0, 0.05) is 30.2 Å². The number of nitrogens with zero attached hydrogens (tertiary/aromatic N) is 2. The first-order chi connectivity index (χ1) is 16.3. The second-order valence-electron chi connectivity index (χ2n) is 7.01. The molecule has 0 aliphatic carbocycles. The van der Waals surface area contributed by atoms with Gasteiger partial charge in [-0.25, -0.2) is 13.4 Å². The molecule has 2 N–H and O–H groups in total. The van der Waals surface area contributed by atoms with Gasteiger partial charge in [0.15, 0.2) is 5.13 Å². The molecule has 1 aliphatic heterocycles. The molecule has 0 unspecified atom stereocenters. The van der Waals surface area contributed by atoms with Crippen LogP contribution in [0.15, 0.2) is 76.0 Å². The van der Waals surface area contributed by atoms with Gasteiger partial charge in [-0.15, -0.1) is 11.3 Å². The molecule has 2 heterocycles. The molecular formula is C22H18N4O4S4. The van der Waals surface area contributed by atoms with Crippen LogP contribution in [-0.2, 0) is 19.6 Å². The zero-order valence-corrected chi connectivity index (χ0v) is 20.8. The normalized spacial score (nSPS) is 15.1. The number of nitrogens with one attached hydrogen (secondary N) is 2. The van der Waals surface area contributed by atoms with E-state index < -0.39 is 10.0 Å². The molecule has 4 rings (SSSR count). The maximum absolute atomic E-state index is 12.7. The second kappa shape index (κ2) is 10.5. The van der Waals surface area contributed by atoms with Crippen molar-refractivity contribution in [1.29, 1.82) is 0 Å². The predicted molar refractivity (Wildman–Crippen MR) is 139 cm³/mol. The third-order valence-electron chi connectivity index (χ3n) is 4.64. The number of thioether (sulfide) groups is 1. The molecule has 2 aromatic carbocycles. The molecule has 0 saturated carbocycles. The molecule has 3 aromatic rings. The molecule has 0 atom stereocenters. The summed E-state index contributed by atoms with van der Waals surface area (Å²) in [6.07, 6.45) is 3.32. The number of thiazole rings is 1. The predicted octanol–water partition coefficient (Wildman–Crippen LogP) is 4.17. The lowest BCUT2D eigenvalue weighted by Gasteiger charge is -2.14. The lowest BCUT2D eigenvalue weighted by Crippen LogP contribution is -2.31. The number of hydrogen-bond acceptors (Lipinski definition) is 8. The number of carbonyl (C=O) groups excluding carboxylic acids is 2. The highest BCUT2D eigenvalue weighted by Gasteiger charge is 2.32. The summed E-state index contributed by atoms with van der Waals surface area (Å²) in [4.78, 5) is 31.0. The standard InChI is InChI=1S/C22H18N4O4S4/c27-19(10-12-26-20(28)18(33-22(26)31)14-15-4-2-1-3-5-15)24-16-6-8-17(9-7-16)34(29,30)25-21-23-11-13-32-21/h1-9,11,13-14H,10,12H2,(H,23,25)(H,24,27)/b18-14-. The number of benzene rings is 2. The molecule has 1 aromatic heterocycles. The first-order valence-corrected chi connectivity index (χ1v) is 13.5. The minimum absolute atomic E-state index is 0.0384. The van der Waals surface area contributed by atoms with Crippen LogP contribution in [-0.4, -0.2) is 41.0 Å². The first kappa shape index (κ1) is 24.1. The SMILES string of the molecule is O=C(CCN1C(=O)/C(=C/c2ccccc2)SC1=S)Nc1ccc(S(=O)(=O)Nc2nccs2)cc1. The summed E-state index contributed by atoms with van der Waals surface area (Å²) in [5, 5.41) is 4.64. The van der Waals surface area contributed by atoms with Crippen LogP contribution in [0, 0.1) is 0 Å². The van der Waals surface area contributed by atoms with Gasteiger partial charge in [-0.1, -0.05) is 54.3 Å². The van der Waals surface area contributed by atoms with Gasteiger partial charge < -0.3 is 5.32 Å². The summed E-state index contributed by atoms with van der Waals surface area (Å²) in [7, 11) is -3.77. The first-order valence-electron chi connectivity index (χ1n) is 9.94. The average molecular weight is 531 g/mol. The number of anilines is 2. The summed E-state index contributed by atoms with van der Waals surface area (Å²) < 4.78 is 27.6. The summed E-state index contributed by atoms with van der Waals surface area (Å²) in [5.41, 5.74) is 1.33. The Balaban J connectivity index is 1.32. The third kappa shape index (κ3) is 5.89. The van der Waals surface area contributed by atoms with Crippen LogP contribution >= 0.6 is 35.3 Å². The van der Waals surface area contributed by atoms with Gasteiger partial charge in [0.1, 0.15) is 4.32 Å². The lowest BCUT2D eigenvalue weighted by atomic mass is 10.2. The molecule has 0 radical (unpaired) electrons. The van der Waals surface area contributed by atoms with Crippen molar-refractivity contribution in [2.45, 2.75) is 11.3 Å². The van der Waals surface area contributed by atoms with Gasteiger partial charge in [-0.05, 0) is 35.9 Å². The Morgan fingerprint density at radius 3 is 2.53 bits per heavy atom. The highest BCUT2D eigenvalue weighted by Crippen LogP contribution is 2.32. The monoisotopic (exact) mass is 530 g/mol. The van der Waals surface area contributed by atoms with E-state index in [-0.39, 0.29) is 34.8 Å². The highest BCUT2D eigenvalue weighted by molar-refractivity contribution is 8.26. The molecule has 12 heteroatoms. The topological polar surface area (TPSA) is 108 Å². The maximum atomic E-state index is 12.7. The molecule has 0 bridgehead atoms. The van der Waals surface area contributed by atoms with Crippen LogP contribution in [0.4, 0.5) is 10.8 Å². The van der Waals surface area contributed by atoms with Crippen molar-refractivity contribution in [2.24, 2.45) is 0 Å². The minimum Gasteiger partial charge on any atom is -0.326 e. The zero-order chi connectivity index (χ0) is 24.1. The number of aromatic nitrogens is 1. The number of amides is 2. The zero-order valence-electron chi connectivity index (χ0n) is 17.5. The Bertz CT molecular complexity index is 1340. The number of rotatable bonds is 8. The summed E-state index contributed by atoms with van der Waals surface area (Å²) >= 11 is 7.69. The summed E-state index contributed by atoms with van der Waals surface area (Å²) in [5.74, 6) is -0.549.